The van der Waals surface area contributed by atoms with Gasteiger partial charge >= 0.3 is 0 Å². The molecule has 0 amide bonds. The van der Waals surface area contributed by atoms with Crippen molar-refractivity contribution in [1.82, 2.24) is 5.32 Å². The molecule has 1 aliphatic rings. The highest BCUT2D eigenvalue weighted by molar-refractivity contribution is 5.44. The van der Waals surface area contributed by atoms with Crippen molar-refractivity contribution >= 4 is 0 Å². The summed E-state index contributed by atoms with van der Waals surface area (Å²) >= 11 is 0. The third-order valence-corrected chi connectivity index (χ3v) is 3.99. The minimum absolute atomic E-state index is 0.300. The van der Waals surface area contributed by atoms with Gasteiger partial charge in [-0.15, -0.1) is 0 Å². The van der Waals surface area contributed by atoms with Crippen LogP contribution in [-0.4, -0.2) is 19.2 Å². The van der Waals surface area contributed by atoms with Crippen molar-refractivity contribution in [2.45, 2.75) is 53.0 Å². The van der Waals surface area contributed by atoms with Crippen LogP contribution in [-0.2, 0) is 12.8 Å². The third-order valence-electron chi connectivity index (χ3n) is 3.99. The smallest absolute Gasteiger partial charge is 0.125 e. The van der Waals surface area contributed by atoms with Gasteiger partial charge in [-0.1, -0.05) is 45.9 Å². The van der Waals surface area contributed by atoms with Crippen molar-refractivity contribution < 1.29 is 4.74 Å². The number of ether oxygens (including phenoxy) is 1. The van der Waals surface area contributed by atoms with E-state index in [0.717, 1.165) is 38.2 Å². The Morgan fingerprint density at radius 1 is 1.32 bits per heavy atom. The summed E-state index contributed by atoms with van der Waals surface area (Å²) in [6, 6.07) is 7.13. The fourth-order valence-electron chi connectivity index (χ4n) is 2.87. The topological polar surface area (TPSA) is 21.3 Å². The maximum atomic E-state index is 5.79. The zero-order valence-corrected chi connectivity index (χ0v) is 12.8. The summed E-state index contributed by atoms with van der Waals surface area (Å²) in [5, 5.41) is 3.62. The lowest BCUT2D eigenvalue weighted by molar-refractivity contribution is 0.257. The third kappa shape index (κ3) is 3.50. The molecule has 0 saturated carbocycles. The molecule has 1 aliphatic heterocycles. The lowest BCUT2D eigenvalue weighted by Gasteiger charge is -2.31. The quantitative estimate of drug-likeness (QED) is 0.874. The summed E-state index contributed by atoms with van der Waals surface area (Å²) in [4.78, 5) is 0. The minimum atomic E-state index is 0.300. The standard InChI is InChI=1S/C17H27NO/c1-5-18-15(17(2,3)4)10-9-13-7-6-8-14-11-12-19-16(13)14/h6-8,15,18H,5,9-12H2,1-4H3. The van der Waals surface area contributed by atoms with Gasteiger partial charge in [0, 0.05) is 12.5 Å². The van der Waals surface area contributed by atoms with E-state index in [1.165, 1.54) is 11.1 Å². The van der Waals surface area contributed by atoms with Crippen molar-refractivity contribution in [2.24, 2.45) is 5.41 Å². The number of hydrogen-bond donors (Lipinski definition) is 1. The number of benzene rings is 1. The van der Waals surface area contributed by atoms with Crippen LogP contribution in [0, 0.1) is 5.41 Å². The average molecular weight is 261 g/mol. The van der Waals surface area contributed by atoms with Gasteiger partial charge in [0.15, 0.2) is 0 Å². The molecule has 0 bridgehead atoms. The van der Waals surface area contributed by atoms with E-state index in [0.29, 0.717) is 11.5 Å². The van der Waals surface area contributed by atoms with Crippen LogP contribution in [0.2, 0.25) is 0 Å². The van der Waals surface area contributed by atoms with Crippen LogP contribution in [0.3, 0.4) is 0 Å². The molecule has 0 fully saturated rings. The Bertz CT molecular complexity index is 420. The molecule has 1 heterocycles. The molecular formula is C17H27NO. The van der Waals surface area contributed by atoms with E-state index in [1.54, 1.807) is 0 Å². The van der Waals surface area contributed by atoms with Crippen molar-refractivity contribution in [3.8, 4) is 5.75 Å². The van der Waals surface area contributed by atoms with Crippen LogP contribution < -0.4 is 10.1 Å². The van der Waals surface area contributed by atoms with Crippen LogP contribution in [0.15, 0.2) is 18.2 Å². The molecular weight excluding hydrogens is 234 g/mol. The van der Waals surface area contributed by atoms with Gasteiger partial charge in [0.2, 0.25) is 0 Å². The van der Waals surface area contributed by atoms with Gasteiger partial charge < -0.3 is 10.1 Å². The molecule has 0 spiro atoms. The Hall–Kier alpha value is -1.02. The second-order valence-electron chi connectivity index (χ2n) is 6.52. The second kappa shape index (κ2) is 5.96. The number of nitrogens with one attached hydrogen (secondary N) is 1. The molecule has 0 aromatic heterocycles. The van der Waals surface area contributed by atoms with Crippen LogP contribution in [0.1, 0.15) is 45.2 Å². The van der Waals surface area contributed by atoms with Crippen LogP contribution in [0.4, 0.5) is 0 Å². The molecule has 0 radical (unpaired) electrons. The first-order valence-corrected chi connectivity index (χ1v) is 7.49. The summed E-state index contributed by atoms with van der Waals surface area (Å²) < 4.78 is 5.79. The summed E-state index contributed by atoms with van der Waals surface area (Å²) in [5.41, 5.74) is 3.06. The van der Waals surface area contributed by atoms with E-state index in [2.05, 4.69) is 51.2 Å². The van der Waals surface area contributed by atoms with Crippen LogP contribution in [0.5, 0.6) is 5.75 Å². The molecule has 2 nitrogen and oxygen atoms in total. The lowest BCUT2D eigenvalue weighted by atomic mass is 9.83. The zero-order valence-electron chi connectivity index (χ0n) is 12.8. The molecule has 1 unspecified atom stereocenters. The Morgan fingerprint density at radius 3 is 2.79 bits per heavy atom. The van der Waals surface area contributed by atoms with E-state index in [1.807, 2.05) is 0 Å². The van der Waals surface area contributed by atoms with Crippen molar-refractivity contribution in [2.75, 3.05) is 13.2 Å². The van der Waals surface area contributed by atoms with Gasteiger partial charge in [0.25, 0.3) is 0 Å². The normalized spacial score (nSPS) is 16.0. The molecule has 2 heteroatoms. The number of para-hydroxylation sites is 1. The first-order chi connectivity index (χ1) is 9.02. The Balaban J connectivity index is 2.03. The highest BCUT2D eigenvalue weighted by Gasteiger charge is 2.24. The Morgan fingerprint density at radius 2 is 2.11 bits per heavy atom. The number of aryl methyl sites for hydroxylation is 1. The molecule has 1 aromatic rings. The largest absolute Gasteiger partial charge is 0.493 e. The van der Waals surface area contributed by atoms with Crippen molar-refractivity contribution in [3.63, 3.8) is 0 Å². The van der Waals surface area contributed by atoms with Crippen LogP contribution >= 0.6 is 0 Å². The van der Waals surface area contributed by atoms with Gasteiger partial charge in [-0.2, -0.15) is 0 Å². The van der Waals surface area contributed by atoms with Crippen molar-refractivity contribution in [3.05, 3.63) is 29.3 Å². The number of hydrogen-bond acceptors (Lipinski definition) is 2. The average Bonchev–Trinajstić information content (AvgIpc) is 2.81. The zero-order chi connectivity index (χ0) is 13.9. The van der Waals surface area contributed by atoms with E-state index in [4.69, 9.17) is 4.74 Å². The fourth-order valence-corrected chi connectivity index (χ4v) is 2.87. The molecule has 1 N–H and O–H groups in total. The summed E-state index contributed by atoms with van der Waals surface area (Å²) in [5.74, 6) is 1.16. The first kappa shape index (κ1) is 14.4. The SMILES string of the molecule is CCNC(CCc1cccc2c1OCC2)C(C)(C)C. The van der Waals surface area contributed by atoms with Crippen LogP contribution in [0.25, 0.3) is 0 Å². The number of fused-ring (bicyclic) bond motifs is 1. The minimum Gasteiger partial charge on any atom is -0.493 e. The van der Waals surface area contributed by atoms with E-state index in [9.17, 15) is 0 Å². The molecule has 19 heavy (non-hydrogen) atoms. The lowest BCUT2D eigenvalue weighted by Crippen LogP contribution is -2.40. The second-order valence-corrected chi connectivity index (χ2v) is 6.52. The maximum absolute atomic E-state index is 5.79. The molecule has 106 valence electrons. The molecule has 2 rings (SSSR count). The highest BCUT2D eigenvalue weighted by atomic mass is 16.5. The maximum Gasteiger partial charge on any atom is 0.125 e. The first-order valence-electron chi connectivity index (χ1n) is 7.49. The summed E-state index contributed by atoms with van der Waals surface area (Å²) in [6.07, 6.45) is 3.33. The monoisotopic (exact) mass is 261 g/mol. The molecule has 1 aromatic carbocycles. The predicted octanol–water partition coefficient (Wildman–Crippen LogP) is 3.58. The molecule has 0 aliphatic carbocycles. The highest BCUT2D eigenvalue weighted by Crippen LogP contribution is 2.31. The fraction of sp³-hybridized carbons (Fsp3) is 0.647. The van der Waals surface area contributed by atoms with E-state index in [-0.39, 0.29) is 0 Å². The Kier molecular flexibility index (Phi) is 4.51. The van der Waals surface area contributed by atoms with Gasteiger partial charge in [0.1, 0.15) is 5.75 Å². The number of rotatable bonds is 5. The molecule has 0 saturated heterocycles. The molecule has 1 atom stereocenters. The van der Waals surface area contributed by atoms with E-state index >= 15 is 0 Å². The van der Waals surface area contributed by atoms with Gasteiger partial charge in [-0.3, -0.25) is 0 Å². The van der Waals surface area contributed by atoms with Gasteiger partial charge in [0.05, 0.1) is 6.61 Å². The predicted molar refractivity (Wildman–Crippen MR) is 80.9 cm³/mol. The van der Waals surface area contributed by atoms with E-state index < -0.39 is 0 Å². The van der Waals surface area contributed by atoms with Gasteiger partial charge in [-0.05, 0) is 35.9 Å². The summed E-state index contributed by atoms with van der Waals surface area (Å²) in [6.45, 7) is 11.0. The van der Waals surface area contributed by atoms with Crippen molar-refractivity contribution in [1.29, 1.82) is 0 Å². The summed E-state index contributed by atoms with van der Waals surface area (Å²) in [7, 11) is 0. The van der Waals surface area contributed by atoms with Gasteiger partial charge in [-0.25, -0.2) is 0 Å². The Labute approximate surface area is 117 Å².